The molecule has 0 bridgehead atoms. The van der Waals surface area contributed by atoms with Crippen LogP contribution in [0, 0.1) is 0 Å². The Morgan fingerprint density at radius 1 is 1.67 bits per heavy atom. The van der Waals surface area contributed by atoms with E-state index in [2.05, 4.69) is 5.73 Å². The number of Topliss-reactive ketones (excluding diaryl/α,β-unsaturated/α-hetero) is 1. The zero-order valence-corrected chi connectivity index (χ0v) is 5.13. The zero-order valence-electron chi connectivity index (χ0n) is 5.13. The van der Waals surface area contributed by atoms with Gasteiger partial charge in [-0.2, -0.15) is 0 Å². The molecule has 0 rings (SSSR count). The number of hydrogen-bond donors (Lipinski definition) is 2. The van der Waals surface area contributed by atoms with Crippen molar-refractivity contribution in [2.24, 2.45) is 5.73 Å². The number of carbonyl (C=O) groups excluding carboxylic acids is 2. The molecule has 3 N–H and O–H groups in total. The molecule has 0 heterocycles. The Morgan fingerprint density at radius 2 is 2.11 bits per heavy atom. The number of primary amides is 1. The van der Waals surface area contributed by atoms with E-state index >= 15 is 0 Å². The predicted octanol–water partition coefficient (Wildman–Crippen LogP) is -1.19. The second kappa shape index (κ2) is 3.19. The third kappa shape index (κ3) is 2.23. The summed E-state index contributed by atoms with van der Waals surface area (Å²) in [5.74, 6) is -1.52. The standard InChI is InChI=1S/C5H9NO3/c1-2-3(7)4(8)5(6)9/h4,8H,2H2,1H3,(H2,6,9). The van der Waals surface area contributed by atoms with Gasteiger partial charge in [0.05, 0.1) is 0 Å². The van der Waals surface area contributed by atoms with Gasteiger partial charge in [0.15, 0.2) is 11.9 Å². The highest BCUT2D eigenvalue weighted by molar-refractivity contribution is 6.03. The molecule has 0 saturated carbocycles. The molecule has 0 spiro atoms. The summed E-state index contributed by atoms with van der Waals surface area (Å²) in [5, 5.41) is 8.57. The molecule has 4 nitrogen and oxygen atoms in total. The van der Waals surface area contributed by atoms with E-state index < -0.39 is 17.8 Å². The van der Waals surface area contributed by atoms with Crippen molar-refractivity contribution in [3.8, 4) is 0 Å². The SMILES string of the molecule is CCC(=O)C(O)C(N)=O. The van der Waals surface area contributed by atoms with Gasteiger partial charge in [0, 0.05) is 6.42 Å². The minimum atomic E-state index is -1.62. The number of aliphatic hydroxyl groups is 1. The van der Waals surface area contributed by atoms with Crippen molar-refractivity contribution in [2.45, 2.75) is 19.4 Å². The van der Waals surface area contributed by atoms with E-state index in [1.54, 1.807) is 6.92 Å². The first kappa shape index (κ1) is 8.10. The van der Waals surface area contributed by atoms with E-state index in [-0.39, 0.29) is 6.42 Å². The quantitative estimate of drug-likeness (QED) is 0.472. The van der Waals surface area contributed by atoms with Crippen molar-refractivity contribution in [2.75, 3.05) is 0 Å². The van der Waals surface area contributed by atoms with Crippen LogP contribution in [0.25, 0.3) is 0 Å². The number of carbonyl (C=O) groups is 2. The number of rotatable bonds is 3. The Balaban J connectivity index is 3.88. The fourth-order valence-corrected chi connectivity index (χ4v) is 0.352. The maximum Gasteiger partial charge on any atom is 0.254 e. The van der Waals surface area contributed by atoms with Gasteiger partial charge >= 0.3 is 0 Å². The number of amides is 1. The molecule has 0 aliphatic heterocycles. The summed E-state index contributed by atoms with van der Waals surface area (Å²) >= 11 is 0. The lowest BCUT2D eigenvalue weighted by Gasteiger charge is -2.00. The lowest BCUT2D eigenvalue weighted by molar-refractivity contribution is -0.137. The first-order valence-electron chi connectivity index (χ1n) is 2.59. The van der Waals surface area contributed by atoms with Crippen LogP contribution < -0.4 is 5.73 Å². The molecule has 1 atom stereocenters. The van der Waals surface area contributed by atoms with Crippen LogP contribution in [0.1, 0.15) is 13.3 Å². The third-order valence-electron chi connectivity index (χ3n) is 0.923. The van der Waals surface area contributed by atoms with Crippen LogP contribution in [-0.2, 0) is 9.59 Å². The molecule has 1 amide bonds. The lowest BCUT2D eigenvalue weighted by Crippen LogP contribution is -2.35. The monoisotopic (exact) mass is 131 g/mol. The molecule has 52 valence electrons. The highest BCUT2D eigenvalue weighted by Gasteiger charge is 2.17. The number of ketones is 1. The van der Waals surface area contributed by atoms with Crippen LogP contribution in [-0.4, -0.2) is 22.9 Å². The van der Waals surface area contributed by atoms with Crippen molar-refractivity contribution >= 4 is 11.7 Å². The molecule has 0 aromatic rings. The Morgan fingerprint density at radius 3 is 2.22 bits per heavy atom. The van der Waals surface area contributed by atoms with E-state index in [0.717, 1.165) is 0 Å². The molecule has 0 radical (unpaired) electrons. The summed E-state index contributed by atoms with van der Waals surface area (Å²) in [6.07, 6.45) is -1.49. The summed E-state index contributed by atoms with van der Waals surface area (Å²) in [4.78, 5) is 20.5. The van der Waals surface area contributed by atoms with Gasteiger partial charge in [-0.1, -0.05) is 6.92 Å². The highest BCUT2D eigenvalue weighted by atomic mass is 16.3. The maximum atomic E-state index is 10.4. The molecule has 1 unspecified atom stereocenters. The van der Waals surface area contributed by atoms with E-state index in [9.17, 15) is 9.59 Å². The van der Waals surface area contributed by atoms with Crippen LogP contribution >= 0.6 is 0 Å². The van der Waals surface area contributed by atoms with Crippen molar-refractivity contribution in [1.29, 1.82) is 0 Å². The van der Waals surface area contributed by atoms with Crippen LogP contribution in [0.2, 0.25) is 0 Å². The summed E-state index contributed by atoms with van der Waals surface area (Å²) in [6.45, 7) is 1.55. The largest absolute Gasteiger partial charge is 0.376 e. The van der Waals surface area contributed by atoms with Crippen molar-refractivity contribution in [3.05, 3.63) is 0 Å². The van der Waals surface area contributed by atoms with Crippen LogP contribution in [0.15, 0.2) is 0 Å². The zero-order chi connectivity index (χ0) is 7.44. The Labute approximate surface area is 52.7 Å². The topological polar surface area (TPSA) is 80.4 Å². The van der Waals surface area contributed by atoms with Gasteiger partial charge in [-0.15, -0.1) is 0 Å². The molecule has 0 aromatic carbocycles. The normalized spacial score (nSPS) is 12.7. The Bertz CT molecular complexity index is 132. The molecule has 0 aliphatic carbocycles. The average Bonchev–Trinajstić information content (AvgIpc) is 1.84. The molecule has 0 aliphatic rings. The first-order valence-corrected chi connectivity index (χ1v) is 2.59. The first-order chi connectivity index (χ1) is 4.09. The minimum Gasteiger partial charge on any atom is -0.376 e. The summed E-state index contributed by atoms with van der Waals surface area (Å²) < 4.78 is 0. The second-order valence-electron chi connectivity index (χ2n) is 1.62. The minimum absolute atomic E-state index is 0.129. The van der Waals surface area contributed by atoms with Crippen LogP contribution in [0.5, 0.6) is 0 Å². The van der Waals surface area contributed by atoms with Gasteiger partial charge in [0.2, 0.25) is 0 Å². The Kier molecular flexibility index (Phi) is 2.87. The molecule has 0 fully saturated rings. The van der Waals surface area contributed by atoms with Crippen molar-refractivity contribution in [1.82, 2.24) is 0 Å². The van der Waals surface area contributed by atoms with Gasteiger partial charge in [0.1, 0.15) is 0 Å². The molecule has 0 saturated heterocycles. The number of nitrogens with two attached hydrogens (primary N) is 1. The van der Waals surface area contributed by atoms with Crippen molar-refractivity contribution in [3.63, 3.8) is 0 Å². The fourth-order valence-electron chi connectivity index (χ4n) is 0.352. The summed E-state index contributed by atoms with van der Waals surface area (Å²) in [7, 11) is 0. The van der Waals surface area contributed by atoms with Gasteiger partial charge in [0.25, 0.3) is 5.91 Å². The van der Waals surface area contributed by atoms with E-state index in [4.69, 9.17) is 5.11 Å². The van der Waals surface area contributed by atoms with E-state index in [1.807, 2.05) is 0 Å². The van der Waals surface area contributed by atoms with Gasteiger partial charge < -0.3 is 10.8 Å². The summed E-state index contributed by atoms with van der Waals surface area (Å²) in [5.41, 5.74) is 4.60. The molecule has 0 aromatic heterocycles. The maximum absolute atomic E-state index is 10.4. The fraction of sp³-hybridized carbons (Fsp3) is 0.600. The number of aliphatic hydroxyl groups excluding tert-OH is 1. The van der Waals surface area contributed by atoms with E-state index in [1.165, 1.54) is 0 Å². The highest BCUT2D eigenvalue weighted by Crippen LogP contribution is 1.87. The molecule has 4 heteroatoms. The predicted molar refractivity (Wildman–Crippen MR) is 30.5 cm³/mol. The number of hydrogen-bond acceptors (Lipinski definition) is 3. The average molecular weight is 131 g/mol. The third-order valence-corrected chi connectivity index (χ3v) is 0.923. The Hall–Kier alpha value is -0.900. The lowest BCUT2D eigenvalue weighted by atomic mass is 10.2. The van der Waals surface area contributed by atoms with Crippen LogP contribution in [0.3, 0.4) is 0 Å². The van der Waals surface area contributed by atoms with Crippen molar-refractivity contribution < 1.29 is 14.7 Å². The van der Waals surface area contributed by atoms with Crippen LogP contribution in [0.4, 0.5) is 0 Å². The van der Waals surface area contributed by atoms with Gasteiger partial charge in [-0.25, -0.2) is 0 Å². The second-order valence-corrected chi connectivity index (χ2v) is 1.62. The molecule has 9 heavy (non-hydrogen) atoms. The molecular formula is C5H9NO3. The molecular weight excluding hydrogens is 122 g/mol. The van der Waals surface area contributed by atoms with E-state index in [0.29, 0.717) is 0 Å². The van der Waals surface area contributed by atoms with Gasteiger partial charge in [-0.3, -0.25) is 9.59 Å². The smallest absolute Gasteiger partial charge is 0.254 e. The van der Waals surface area contributed by atoms with Gasteiger partial charge in [-0.05, 0) is 0 Å². The summed E-state index contributed by atoms with van der Waals surface area (Å²) in [6, 6.07) is 0.